The second-order valence-corrected chi connectivity index (χ2v) is 5.10. The van der Waals surface area contributed by atoms with Crippen LogP contribution in [0.3, 0.4) is 0 Å². The molecule has 0 atom stereocenters. The predicted molar refractivity (Wildman–Crippen MR) is 89.9 cm³/mol. The summed E-state index contributed by atoms with van der Waals surface area (Å²) in [5, 5.41) is 0. The van der Waals surface area contributed by atoms with Crippen molar-refractivity contribution in [3.8, 4) is 11.5 Å². The smallest absolute Gasteiger partial charge is 0.419 e. The summed E-state index contributed by atoms with van der Waals surface area (Å²) in [5.74, 6) is 1.06. The number of benzene rings is 2. The molecule has 3 aromatic rings. The van der Waals surface area contributed by atoms with Gasteiger partial charge in [0, 0.05) is 18.7 Å². The van der Waals surface area contributed by atoms with Gasteiger partial charge in [-0.15, -0.1) is 0 Å². The number of rotatable bonds is 4. The molecule has 1 aromatic heterocycles. The van der Waals surface area contributed by atoms with Crippen LogP contribution < -0.4 is 15.2 Å². The molecule has 0 saturated heterocycles. The van der Waals surface area contributed by atoms with Gasteiger partial charge in [-0.1, -0.05) is 24.3 Å². The zero-order valence-electron chi connectivity index (χ0n) is 13.2. The molecule has 1 heterocycles. The molecule has 0 radical (unpaired) electrons. The average molecular weight is 311 g/mol. The Kier molecular flexibility index (Phi) is 3.93. The molecule has 2 aromatic carbocycles. The van der Waals surface area contributed by atoms with E-state index >= 15 is 0 Å². The molecule has 0 N–H and O–H groups in total. The maximum Gasteiger partial charge on any atom is 0.419 e. The first-order chi connectivity index (χ1) is 11.1. The lowest BCUT2D eigenvalue weighted by Crippen LogP contribution is -2.08. The fourth-order valence-corrected chi connectivity index (χ4v) is 2.41. The van der Waals surface area contributed by atoms with Crippen LogP contribution in [0.5, 0.6) is 11.5 Å². The summed E-state index contributed by atoms with van der Waals surface area (Å²) in [7, 11) is 4.91. The van der Waals surface area contributed by atoms with Crippen LogP contribution in [0.1, 0.15) is 11.1 Å². The summed E-state index contributed by atoms with van der Waals surface area (Å²) in [6.07, 6.45) is 3.83. The van der Waals surface area contributed by atoms with Crippen molar-refractivity contribution in [2.75, 3.05) is 14.2 Å². The zero-order valence-corrected chi connectivity index (χ0v) is 13.2. The van der Waals surface area contributed by atoms with Crippen LogP contribution in [0, 0.1) is 0 Å². The first-order valence-corrected chi connectivity index (χ1v) is 7.12. The number of nitrogens with zero attached hydrogens (tertiary/aromatic N) is 1. The molecule has 118 valence electrons. The van der Waals surface area contributed by atoms with Gasteiger partial charge in [0.25, 0.3) is 0 Å². The first kappa shape index (κ1) is 15.0. The van der Waals surface area contributed by atoms with Gasteiger partial charge in [0.05, 0.1) is 19.7 Å². The quantitative estimate of drug-likeness (QED) is 0.694. The SMILES string of the molecule is COc1cc(/C=C/c2cccc3c2oc(=O)n3C)cc(OC)c1. The summed E-state index contributed by atoms with van der Waals surface area (Å²) in [5.41, 5.74) is 3.10. The molecular formula is C18H17NO4. The van der Waals surface area contributed by atoms with Crippen molar-refractivity contribution in [1.29, 1.82) is 0 Å². The molecule has 0 aliphatic heterocycles. The lowest BCUT2D eigenvalue weighted by Gasteiger charge is -2.05. The van der Waals surface area contributed by atoms with Crippen molar-refractivity contribution in [2.45, 2.75) is 0 Å². The van der Waals surface area contributed by atoms with Crippen LogP contribution in [-0.2, 0) is 7.05 Å². The third kappa shape index (κ3) is 2.85. The molecule has 0 fully saturated rings. The summed E-state index contributed by atoms with van der Waals surface area (Å²) in [6, 6.07) is 11.3. The Hall–Kier alpha value is -2.95. The Morgan fingerprint density at radius 3 is 2.39 bits per heavy atom. The van der Waals surface area contributed by atoms with Gasteiger partial charge in [-0.2, -0.15) is 0 Å². The van der Waals surface area contributed by atoms with Crippen LogP contribution >= 0.6 is 0 Å². The van der Waals surface area contributed by atoms with Crippen LogP contribution in [0.15, 0.2) is 45.6 Å². The summed E-state index contributed by atoms with van der Waals surface area (Å²) in [6.45, 7) is 0. The van der Waals surface area contributed by atoms with E-state index in [2.05, 4.69) is 0 Å². The molecule has 0 aliphatic carbocycles. The minimum absolute atomic E-state index is 0.371. The molecular weight excluding hydrogens is 294 g/mol. The first-order valence-electron chi connectivity index (χ1n) is 7.12. The summed E-state index contributed by atoms with van der Waals surface area (Å²) in [4.78, 5) is 11.7. The lowest BCUT2D eigenvalue weighted by molar-refractivity contribution is 0.394. The van der Waals surface area contributed by atoms with Gasteiger partial charge in [0.15, 0.2) is 5.58 Å². The van der Waals surface area contributed by atoms with Crippen molar-refractivity contribution in [1.82, 2.24) is 4.57 Å². The van der Waals surface area contributed by atoms with E-state index in [0.717, 1.165) is 16.6 Å². The molecule has 0 unspecified atom stereocenters. The third-order valence-electron chi connectivity index (χ3n) is 3.68. The molecule has 3 rings (SSSR count). The van der Waals surface area contributed by atoms with Gasteiger partial charge in [-0.05, 0) is 23.8 Å². The van der Waals surface area contributed by atoms with Gasteiger partial charge in [0.2, 0.25) is 0 Å². The van der Waals surface area contributed by atoms with Gasteiger partial charge in [0.1, 0.15) is 11.5 Å². The van der Waals surface area contributed by atoms with Crippen molar-refractivity contribution in [2.24, 2.45) is 7.05 Å². The Morgan fingerprint density at radius 2 is 1.74 bits per heavy atom. The molecule has 0 amide bonds. The van der Waals surface area contributed by atoms with Crippen molar-refractivity contribution in [3.05, 3.63) is 58.1 Å². The molecule has 5 heteroatoms. The second-order valence-electron chi connectivity index (χ2n) is 5.10. The van der Waals surface area contributed by atoms with E-state index in [1.807, 2.05) is 48.6 Å². The Bertz CT molecular complexity index is 912. The van der Waals surface area contributed by atoms with Gasteiger partial charge >= 0.3 is 5.76 Å². The Labute approximate surface area is 133 Å². The van der Waals surface area contributed by atoms with Crippen LogP contribution in [0.2, 0.25) is 0 Å². The van der Waals surface area contributed by atoms with Crippen LogP contribution in [0.4, 0.5) is 0 Å². The highest BCUT2D eigenvalue weighted by atomic mass is 16.5. The fraction of sp³-hybridized carbons (Fsp3) is 0.167. The highest BCUT2D eigenvalue weighted by Crippen LogP contribution is 2.25. The van der Waals surface area contributed by atoms with Gasteiger partial charge in [-0.25, -0.2) is 4.79 Å². The zero-order chi connectivity index (χ0) is 16.4. The van der Waals surface area contributed by atoms with E-state index in [-0.39, 0.29) is 5.76 Å². The van der Waals surface area contributed by atoms with Crippen molar-refractivity contribution < 1.29 is 13.9 Å². The van der Waals surface area contributed by atoms with E-state index in [1.165, 1.54) is 4.57 Å². The molecule has 0 aliphatic rings. The maximum absolute atomic E-state index is 11.7. The van der Waals surface area contributed by atoms with Crippen molar-refractivity contribution >= 4 is 23.3 Å². The van der Waals surface area contributed by atoms with E-state index in [1.54, 1.807) is 21.3 Å². The number of hydrogen-bond donors (Lipinski definition) is 0. The van der Waals surface area contributed by atoms with E-state index < -0.39 is 0 Å². The Balaban J connectivity index is 2.04. The van der Waals surface area contributed by atoms with Gasteiger partial charge in [-0.3, -0.25) is 4.57 Å². The molecule has 0 bridgehead atoms. The van der Waals surface area contributed by atoms with E-state index in [9.17, 15) is 4.79 Å². The monoisotopic (exact) mass is 311 g/mol. The minimum atomic E-state index is -0.371. The van der Waals surface area contributed by atoms with Crippen molar-refractivity contribution in [3.63, 3.8) is 0 Å². The number of oxazole rings is 1. The third-order valence-corrected chi connectivity index (χ3v) is 3.68. The summed E-state index contributed by atoms with van der Waals surface area (Å²) >= 11 is 0. The summed E-state index contributed by atoms with van der Waals surface area (Å²) < 4.78 is 17.3. The maximum atomic E-state index is 11.7. The number of methoxy groups -OCH3 is 2. The number of aromatic nitrogens is 1. The minimum Gasteiger partial charge on any atom is -0.497 e. The largest absolute Gasteiger partial charge is 0.497 e. The number of ether oxygens (including phenoxy) is 2. The fourth-order valence-electron chi connectivity index (χ4n) is 2.41. The Morgan fingerprint density at radius 1 is 1.04 bits per heavy atom. The number of aryl methyl sites for hydroxylation is 1. The normalized spacial score (nSPS) is 11.3. The highest BCUT2D eigenvalue weighted by molar-refractivity contribution is 5.86. The molecule has 0 spiro atoms. The second kappa shape index (κ2) is 6.04. The van der Waals surface area contributed by atoms with Crippen LogP contribution in [-0.4, -0.2) is 18.8 Å². The number of para-hydroxylation sites is 1. The highest BCUT2D eigenvalue weighted by Gasteiger charge is 2.08. The molecule has 5 nitrogen and oxygen atoms in total. The van der Waals surface area contributed by atoms with E-state index in [4.69, 9.17) is 13.9 Å². The van der Waals surface area contributed by atoms with E-state index in [0.29, 0.717) is 17.1 Å². The topological polar surface area (TPSA) is 53.6 Å². The standard InChI is InChI=1S/C18H17NO4/c1-19-16-6-4-5-13(17(16)23-18(19)20)8-7-12-9-14(21-2)11-15(10-12)22-3/h4-11H,1-3H3/b8-7+. The average Bonchev–Trinajstić information content (AvgIpc) is 2.88. The van der Waals surface area contributed by atoms with Gasteiger partial charge < -0.3 is 13.9 Å². The molecule has 23 heavy (non-hydrogen) atoms. The number of hydrogen-bond acceptors (Lipinski definition) is 4. The molecule has 0 saturated carbocycles. The number of fused-ring (bicyclic) bond motifs is 1. The predicted octanol–water partition coefficient (Wildman–Crippen LogP) is 3.32. The lowest BCUT2D eigenvalue weighted by atomic mass is 10.1. The van der Waals surface area contributed by atoms with Crippen LogP contribution in [0.25, 0.3) is 23.3 Å².